The van der Waals surface area contributed by atoms with Crippen LogP contribution < -0.4 is 0 Å². The summed E-state index contributed by atoms with van der Waals surface area (Å²) in [6, 6.07) is 7.89. The molecule has 0 aliphatic rings. The molecule has 1 aromatic heterocycles. The molecule has 0 saturated heterocycles. The quantitative estimate of drug-likeness (QED) is 0.844. The molecule has 16 heavy (non-hydrogen) atoms. The molecule has 0 saturated carbocycles. The van der Waals surface area contributed by atoms with Crippen LogP contribution in [0.3, 0.4) is 0 Å². The van der Waals surface area contributed by atoms with Gasteiger partial charge in [0.25, 0.3) is 0 Å². The van der Waals surface area contributed by atoms with Crippen LogP contribution in [-0.2, 0) is 0 Å². The van der Waals surface area contributed by atoms with Gasteiger partial charge in [-0.25, -0.2) is 9.07 Å². The normalized spacial score (nSPS) is 11.0. The van der Waals surface area contributed by atoms with Crippen molar-refractivity contribution in [2.75, 3.05) is 0 Å². The predicted octanol–water partition coefficient (Wildman–Crippen LogP) is 2.98. The lowest BCUT2D eigenvalue weighted by molar-refractivity contribution is 0.377. The number of rotatable bonds is 2. The van der Waals surface area contributed by atoms with Crippen LogP contribution in [0.1, 0.15) is 19.9 Å². The second-order valence-corrected chi connectivity index (χ2v) is 3.91. The van der Waals surface area contributed by atoms with Gasteiger partial charge in [0, 0.05) is 11.6 Å². The number of hydrogen-bond acceptors (Lipinski definition) is 2. The van der Waals surface area contributed by atoms with Crippen molar-refractivity contribution in [3.8, 4) is 17.1 Å². The van der Waals surface area contributed by atoms with Crippen LogP contribution in [0, 0.1) is 5.82 Å². The second kappa shape index (κ2) is 3.96. The minimum Gasteiger partial charge on any atom is -0.493 e. The number of aromatic nitrogens is 2. The molecule has 1 N–H and O–H groups in total. The van der Waals surface area contributed by atoms with Crippen LogP contribution in [-0.4, -0.2) is 14.9 Å². The Kier molecular flexibility index (Phi) is 2.64. The highest BCUT2D eigenvalue weighted by molar-refractivity contribution is 5.60. The Balaban J connectivity index is 2.50. The molecule has 0 aliphatic carbocycles. The molecule has 1 aromatic carbocycles. The van der Waals surface area contributed by atoms with Crippen molar-refractivity contribution in [2.45, 2.75) is 19.9 Å². The van der Waals surface area contributed by atoms with Crippen molar-refractivity contribution in [3.05, 3.63) is 36.1 Å². The number of benzene rings is 1. The summed E-state index contributed by atoms with van der Waals surface area (Å²) in [7, 11) is 0. The molecule has 2 aromatic rings. The summed E-state index contributed by atoms with van der Waals surface area (Å²) in [4.78, 5) is 0. The van der Waals surface area contributed by atoms with E-state index in [0.717, 1.165) is 0 Å². The zero-order chi connectivity index (χ0) is 11.7. The molecule has 0 aliphatic heterocycles. The average molecular weight is 220 g/mol. The van der Waals surface area contributed by atoms with Gasteiger partial charge in [-0.05, 0) is 26.0 Å². The highest BCUT2D eigenvalue weighted by Crippen LogP contribution is 2.26. The Hall–Kier alpha value is -1.84. The topological polar surface area (TPSA) is 38.0 Å². The van der Waals surface area contributed by atoms with Crippen LogP contribution in [0.4, 0.5) is 4.39 Å². The van der Waals surface area contributed by atoms with Crippen LogP contribution in [0.2, 0.25) is 0 Å². The van der Waals surface area contributed by atoms with Crippen molar-refractivity contribution in [2.24, 2.45) is 0 Å². The fourth-order valence-corrected chi connectivity index (χ4v) is 1.57. The molecular weight excluding hydrogens is 207 g/mol. The van der Waals surface area contributed by atoms with E-state index in [0.29, 0.717) is 11.3 Å². The van der Waals surface area contributed by atoms with Gasteiger partial charge in [-0.3, -0.25) is 0 Å². The molecule has 0 atom stereocenters. The third-order valence-corrected chi connectivity index (χ3v) is 2.35. The van der Waals surface area contributed by atoms with Gasteiger partial charge in [0.05, 0.1) is 11.7 Å². The molecular formula is C12H13FN2O. The van der Waals surface area contributed by atoms with Gasteiger partial charge in [-0.1, -0.05) is 12.1 Å². The van der Waals surface area contributed by atoms with E-state index in [-0.39, 0.29) is 17.7 Å². The molecule has 0 unspecified atom stereocenters. The standard InChI is InChI=1S/C12H13FN2O/c1-8(2)15-12(16)7-11(14-15)9-5-3-4-6-10(9)13/h3-8,16H,1-2H3. The first kappa shape index (κ1) is 10.7. The van der Waals surface area contributed by atoms with Crippen molar-refractivity contribution < 1.29 is 9.50 Å². The lowest BCUT2D eigenvalue weighted by atomic mass is 10.1. The first-order valence-electron chi connectivity index (χ1n) is 5.13. The third kappa shape index (κ3) is 1.78. The number of aromatic hydroxyl groups is 1. The smallest absolute Gasteiger partial charge is 0.210 e. The predicted molar refractivity (Wildman–Crippen MR) is 59.7 cm³/mol. The molecule has 2 rings (SSSR count). The second-order valence-electron chi connectivity index (χ2n) is 3.91. The van der Waals surface area contributed by atoms with Gasteiger partial charge >= 0.3 is 0 Å². The van der Waals surface area contributed by atoms with E-state index in [2.05, 4.69) is 5.10 Å². The van der Waals surface area contributed by atoms with Gasteiger partial charge in [-0.2, -0.15) is 5.10 Å². The Bertz CT molecular complexity index is 505. The van der Waals surface area contributed by atoms with Crippen molar-refractivity contribution in [1.29, 1.82) is 0 Å². The first-order chi connectivity index (χ1) is 7.59. The van der Waals surface area contributed by atoms with Gasteiger partial charge < -0.3 is 5.11 Å². The summed E-state index contributed by atoms with van der Waals surface area (Å²) in [6.07, 6.45) is 0. The fraction of sp³-hybridized carbons (Fsp3) is 0.250. The zero-order valence-electron chi connectivity index (χ0n) is 9.18. The summed E-state index contributed by atoms with van der Waals surface area (Å²) in [6.45, 7) is 3.80. The van der Waals surface area contributed by atoms with E-state index in [1.165, 1.54) is 16.8 Å². The first-order valence-corrected chi connectivity index (χ1v) is 5.13. The summed E-state index contributed by atoms with van der Waals surface area (Å²) < 4.78 is 14.9. The largest absolute Gasteiger partial charge is 0.493 e. The fourth-order valence-electron chi connectivity index (χ4n) is 1.57. The highest BCUT2D eigenvalue weighted by atomic mass is 19.1. The van der Waals surface area contributed by atoms with Gasteiger partial charge in [0.1, 0.15) is 5.82 Å². The summed E-state index contributed by atoms with van der Waals surface area (Å²) in [5.74, 6) is -0.288. The average Bonchev–Trinajstić information content (AvgIpc) is 2.61. The Morgan fingerprint density at radius 2 is 2.00 bits per heavy atom. The monoisotopic (exact) mass is 220 g/mol. The molecule has 3 nitrogen and oxygen atoms in total. The van der Waals surface area contributed by atoms with E-state index >= 15 is 0 Å². The van der Waals surface area contributed by atoms with Gasteiger partial charge in [0.15, 0.2) is 0 Å². The van der Waals surface area contributed by atoms with E-state index in [4.69, 9.17) is 0 Å². The molecule has 0 amide bonds. The highest BCUT2D eigenvalue weighted by Gasteiger charge is 2.13. The van der Waals surface area contributed by atoms with E-state index in [1.54, 1.807) is 18.2 Å². The lowest BCUT2D eigenvalue weighted by Crippen LogP contribution is -2.02. The molecule has 0 bridgehead atoms. The van der Waals surface area contributed by atoms with E-state index in [9.17, 15) is 9.50 Å². The number of nitrogens with zero attached hydrogens (tertiary/aromatic N) is 2. The van der Waals surface area contributed by atoms with Crippen LogP contribution in [0.15, 0.2) is 30.3 Å². The van der Waals surface area contributed by atoms with E-state index < -0.39 is 0 Å². The van der Waals surface area contributed by atoms with Crippen molar-refractivity contribution in [1.82, 2.24) is 9.78 Å². The van der Waals surface area contributed by atoms with E-state index in [1.807, 2.05) is 13.8 Å². The number of halogens is 1. The molecule has 1 heterocycles. The molecule has 0 radical (unpaired) electrons. The Morgan fingerprint density at radius 1 is 1.31 bits per heavy atom. The molecule has 0 spiro atoms. The van der Waals surface area contributed by atoms with Crippen molar-refractivity contribution in [3.63, 3.8) is 0 Å². The maximum Gasteiger partial charge on any atom is 0.210 e. The molecule has 4 heteroatoms. The maximum atomic E-state index is 13.5. The van der Waals surface area contributed by atoms with Crippen LogP contribution in [0.25, 0.3) is 11.3 Å². The third-order valence-electron chi connectivity index (χ3n) is 2.35. The lowest BCUT2D eigenvalue weighted by Gasteiger charge is -2.05. The minimum absolute atomic E-state index is 0.0422. The molecule has 0 fully saturated rings. The van der Waals surface area contributed by atoms with Gasteiger partial charge in [-0.15, -0.1) is 0 Å². The number of hydrogen-bond donors (Lipinski definition) is 1. The Morgan fingerprint density at radius 3 is 2.56 bits per heavy atom. The SMILES string of the molecule is CC(C)n1nc(-c2ccccc2F)cc1O. The Labute approximate surface area is 93.2 Å². The summed E-state index contributed by atoms with van der Waals surface area (Å²) in [5, 5.41) is 13.8. The summed E-state index contributed by atoms with van der Waals surface area (Å²) in [5.41, 5.74) is 0.849. The maximum absolute atomic E-state index is 13.5. The van der Waals surface area contributed by atoms with Crippen LogP contribution in [0.5, 0.6) is 5.88 Å². The molecule has 84 valence electrons. The van der Waals surface area contributed by atoms with Crippen molar-refractivity contribution >= 4 is 0 Å². The minimum atomic E-state index is -0.337. The zero-order valence-corrected chi connectivity index (χ0v) is 9.18. The summed E-state index contributed by atoms with van der Waals surface area (Å²) >= 11 is 0. The van der Waals surface area contributed by atoms with Gasteiger partial charge in [0.2, 0.25) is 5.88 Å². The van der Waals surface area contributed by atoms with Crippen LogP contribution >= 0.6 is 0 Å².